The summed E-state index contributed by atoms with van der Waals surface area (Å²) in [5.41, 5.74) is 0.0586. The number of para-hydroxylation sites is 1. The summed E-state index contributed by atoms with van der Waals surface area (Å²) < 4.78 is 46.0. The van der Waals surface area contributed by atoms with Crippen molar-refractivity contribution >= 4 is 22.7 Å². The van der Waals surface area contributed by atoms with E-state index in [2.05, 4.69) is 4.98 Å². The number of ether oxygens (including phenoxy) is 1. The van der Waals surface area contributed by atoms with Crippen molar-refractivity contribution in [2.45, 2.75) is 13.1 Å². The molecule has 160 valence electrons. The lowest BCUT2D eigenvalue weighted by Crippen LogP contribution is -2.09. The predicted octanol–water partition coefficient (Wildman–Crippen LogP) is 6.08. The summed E-state index contributed by atoms with van der Waals surface area (Å²) >= 11 is 0. The van der Waals surface area contributed by atoms with Gasteiger partial charge in [0.15, 0.2) is 5.78 Å². The smallest absolute Gasteiger partial charge is 0.418 e. The zero-order valence-electron chi connectivity index (χ0n) is 16.8. The van der Waals surface area contributed by atoms with Crippen LogP contribution in [0.1, 0.15) is 28.4 Å². The number of fused-ring (bicyclic) bond motifs is 1. The summed E-state index contributed by atoms with van der Waals surface area (Å²) in [5, 5.41) is 0.168. The molecule has 32 heavy (non-hydrogen) atoms. The van der Waals surface area contributed by atoms with E-state index in [1.165, 1.54) is 31.3 Å². The first-order valence-electron chi connectivity index (χ1n) is 9.63. The molecular weight excluding hydrogens is 419 g/mol. The Morgan fingerprint density at radius 3 is 2.31 bits per heavy atom. The van der Waals surface area contributed by atoms with Crippen LogP contribution in [0.3, 0.4) is 0 Å². The van der Waals surface area contributed by atoms with Crippen molar-refractivity contribution in [2.24, 2.45) is 0 Å². The van der Waals surface area contributed by atoms with Gasteiger partial charge in [-0.2, -0.15) is 13.2 Å². The molecule has 0 fully saturated rings. The topological polar surface area (TPSA) is 56.3 Å². The Hall–Kier alpha value is -4.00. The molecule has 0 aliphatic carbocycles. The van der Waals surface area contributed by atoms with Crippen LogP contribution in [0.4, 0.5) is 13.2 Å². The van der Waals surface area contributed by atoms with E-state index in [0.717, 1.165) is 6.07 Å². The first-order chi connectivity index (χ1) is 15.3. The highest BCUT2D eigenvalue weighted by Gasteiger charge is 2.34. The Balaban J connectivity index is 2.03. The van der Waals surface area contributed by atoms with Crippen LogP contribution in [0.15, 0.2) is 79.0 Å². The molecule has 0 aliphatic rings. The van der Waals surface area contributed by atoms with Crippen LogP contribution >= 0.6 is 0 Å². The molecular formula is C25H16F3NO3. The average molecular weight is 435 g/mol. The van der Waals surface area contributed by atoms with Crippen LogP contribution in [0, 0.1) is 0 Å². The van der Waals surface area contributed by atoms with E-state index in [1.54, 1.807) is 48.5 Å². The number of benzene rings is 3. The summed E-state index contributed by atoms with van der Waals surface area (Å²) in [6.07, 6.45) is -3.45. The van der Waals surface area contributed by atoms with Gasteiger partial charge in [0.25, 0.3) is 0 Å². The van der Waals surface area contributed by atoms with Crippen LogP contribution in [-0.4, -0.2) is 16.7 Å². The van der Waals surface area contributed by atoms with Crippen LogP contribution in [0.2, 0.25) is 0 Å². The number of pyridine rings is 1. The van der Waals surface area contributed by atoms with Crippen molar-refractivity contribution in [3.05, 3.63) is 95.7 Å². The Morgan fingerprint density at radius 2 is 1.62 bits per heavy atom. The highest BCUT2D eigenvalue weighted by atomic mass is 19.4. The second-order valence-electron chi connectivity index (χ2n) is 7.06. The third kappa shape index (κ3) is 4.09. The van der Waals surface area contributed by atoms with E-state index < -0.39 is 17.7 Å². The van der Waals surface area contributed by atoms with Crippen LogP contribution in [-0.2, 0) is 11.0 Å². The molecule has 0 N–H and O–H groups in total. The molecule has 0 aliphatic heterocycles. The number of rotatable bonds is 4. The average Bonchev–Trinajstić information content (AvgIpc) is 2.77. The van der Waals surface area contributed by atoms with Crippen LogP contribution in [0.5, 0.6) is 5.75 Å². The predicted molar refractivity (Wildman–Crippen MR) is 113 cm³/mol. The summed E-state index contributed by atoms with van der Waals surface area (Å²) in [5.74, 6) is -0.711. The maximum absolute atomic E-state index is 13.6. The Labute approximate surface area is 181 Å². The van der Waals surface area contributed by atoms with Gasteiger partial charge in [-0.1, -0.05) is 54.6 Å². The van der Waals surface area contributed by atoms with Gasteiger partial charge in [0.2, 0.25) is 0 Å². The first kappa shape index (κ1) is 21.2. The maximum atomic E-state index is 13.6. The number of ketones is 1. The fourth-order valence-electron chi connectivity index (χ4n) is 3.56. The lowest BCUT2D eigenvalue weighted by atomic mass is 9.91. The van der Waals surface area contributed by atoms with Gasteiger partial charge in [-0.15, -0.1) is 0 Å². The number of hydrogen-bond acceptors (Lipinski definition) is 4. The highest BCUT2D eigenvalue weighted by Crippen LogP contribution is 2.39. The number of esters is 1. The van der Waals surface area contributed by atoms with E-state index >= 15 is 0 Å². The zero-order valence-corrected chi connectivity index (χ0v) is 16.8. The van der Waals surface area contributed by atoms with Crippen LogP contribution in [0.25, 0.3) is 22.0 Å². The van der Waals surface area contributed by atoms with Crippen molar-refractivity contribution in [2.75, 3.05) is 0 Å². The SMILES string of the molecule is CC(=O)Oc1cccc(-c2c(C(=O)c3ccccc3)cnc3c(C(F)(F)F)cccc23)c1. The summed E-state index contributed by atoms with van der Waals surface area (Å²) in [6.45, 7) is 1.24. The minimum atomic E-state index is -4.62. The van der Waals surface area contributed by atoms with E-state index in [-0.39, 0.29) is 33.6 Å². The Morgan fingerprint density at radius 1 is 0.906 bits per heavy atom. The second-order valence-corrected chi connectivity index (χ2v) is 7.06. The molecule has 0 bridgehead atoms. The number of carbonyl (C=O) groups excluding carboxylic acids is 2. The molecule has 0 spiro atoms. The maximum Gasteiger partial charge on any atom is 0.418 e. The van der Waals surface area contributed by atoms with E-state index in [9.17, 15) is 22.8 Å². The lowest BCUT2D eigenvalue weighted by molar-refractivity contribution is -0.136. The van der Waals surface area contributed by atoms with Crippen molar-refractivity contribution in [3.63, 3.8) is 0 Å². The first-order valence-corrected chi connectivity index (χ1v) is 9.63. The van der Waals surface area contributed by atoms with Gasteiger partial charge in [-0.3, -0.25) is 14.6 Å². The normalized spacial score (nSPS) is 11.4. The molecule has 4 aromatic rings. The molecule has 3 aromatic carbocycles. The molecule has 0 radical (unpaired) electrons. The van der Waals surface area contributed by atoms with Crippen molar-refractivity contribution in [1.82, 2.24) is 4.98 Å². The fraction of sp³-hybridized carbons (Fsp3) is 0.0800. The molecule has 0 unspecified atom stereocenters. The molecule has 1 aromatic heterocycles. The standard InChI is InChI=1S/C25H16F3NO3/c1-15(30)32-18-10-5-9-17(13-18)22-19-11-6-12-21(25(26,27)28)23(19)29-14-20(22)24(31)16-7-3-2-4-8-16/h2-14H,1H3. The second kappa shape index (κ2) is 8.26. The van der Waals surface area contributed by atoms with E-state index in [4.69, 9.17) is 4.74 Å². The summed E-state index contributed by atoms with van der Waals surface area (Å²) in [7, 11) is 0. The largest absolute Gasteiger partial charge is 0.427 e. The number of alkyl halides is 3. The summed E-state index contributed by atoms with van der Waals surface area (Å²) in [4.78, 5) is 28.7. The Kier molecular flexibility index (Phi) is 5.48. The molecule has 0 amide bonds. The molecule has 0 saturated carbocycles. The highest BCUT2D eigenvalue weighted by molar-refractivity contribution is 6.16. The number of carbonyl (C=O) groups is 2. The lowest BCUT2D eigenvalue weighted by Gasteiger charge is -2.16. The van der Waals surface area contributed by atoms with Crippen molar-refractivity contribution < 1.29 is 27.5 Å². The van der Waals surface area contributed by atoms with E-state index in [0.29, 0.717) is 11.1 Å². The molecule has 0 atom stereocenters. The molecule has 7 heteroatoms. The van der Waals surface area contributed by atoms with Gasteiger partial charge in [0, 0.05) is 35.2 Å². The van der Waals surface area contributed by atoms with Gasteiger partial charge in [0.1, 0.15) is 5.75 Å². The fourth-order valence-corrected chi connectivity index (χ4v) is 3.56. The molecule has 4 nitrogen and oxygen atoms in total. The third-order valence-electron chi connectivity index (χ3n) is 4.87. The van der Waals surface area contributed by atoms with Gasteiger partial charge in [0.05, 0.1) is 11.1 Å². The molecule has 4 rings (SSSR count). The Bertz CT molecular complexity index is 1330. The van der Waals surface area contributed by atoms with Gasteiger partial charge < -0.3 is 4.74 Å². The number of aromatic nitrogens is 1. The quantitative estimate of drug-likeness (QED) is 0.222. The minimum Gasteiger partial charge on any atom is -0.427 e. The minimum absolute atomic E-state index is 0.142. The number of nitrogens with zero attached hydrogens (tertiary/aromatic N) is 1. The molecule has 1 heterocycles. The third-order valence-corrected chi connectivity index (χ3v) is 4.87. The van der Waals surface area contributed by atoms with Gasteiger partial charge in [-0.05, 0) is 23.8 Å². The van der Waals surface area contributed by atoms with Gasteiger partial charge in [-0.25, -0.2) is 0 Å². The van der Waals surface area contributed by atoms with Crippen LogP contribution < -0.4 is 4.74 Å². The number of hydrogen-bond donors (Lipinski definition) is 0. The zero-order chi connectivity index (χ0) is 22.9. The monoisotopic (exact) mass is 435 g/mol. The van der Waals surface area contributed by atoms with Crippen molar-refractivity contribution in [3.8, 4) is 16.9 Å². The van der Waals surface area contributed by atoms with Gasteiger partial charge >= 0.3 is 12.1 Å². The van der Waals surface area contributed by atoms with Crippen molar-refractivity contribution in [1.29, 1.82) is 0 Å². The number of halogens is 3. The summed E-state index contributed by atoms with van der Waals surface area (Å²) in [6, 6.07) is 18.4. The molecule has 0 saturated heterocycles. The van der Waals surface area contributed by atoms with E-state index in [1.807, 2.05) is 0 Å².